The zero-order valence-corrected chi connectivity index (χ0v) is 25.6. The summed E-state index contributed by atoms with van der Waals surface area (Å²) in [4.78, 5) is 25.1. The van der Waals surface area contributed by atoms with Crippen LogP contribution in [0.3, 0.4) is 0 Å². The van der Waals surface area contributed by atoms with E-state index in [9.17, 15) is 14.7 Å². The Morgan fingerprint density at radius 2 is 1.63 bits per heavy atom. The van der Waals surface area contributed by atoms with Gasteiger partial charge in [0, 0.05) is 23.5 Å². The third kappa shape index (κ3) is 6.27. The second-order valence-electron chi connectivity index (χ2n) is 9.55. The molecule has 0 fully saturated rings. The van der Waals surface area contributed by atoms with Crippen LogP contribution in [0.5, 0.6) is 28.7 Å². The van der Waals surface area contributed by atoms with Crippen LogP contribution in [-0.4, -0.2) is 45.7 Å². The molecule has 0 saturated carbocycles. The molecule has 2 aliphatic rings. The molecule has 0 bridgehead atoms. The van der Waals surface area contributed by atoms with Gasteiger partial charge in [-0.25, -0.2) is 0 Å². The number of hydrogen-bond donors (Lipinski definition) is 0. The molecule has 3 aromatic carbocycles. The van der Waals surface area contributed by atoms with Crippen molar-refractivity contribution in [3.8, 4) is 28.7 Å². The fraction of sp³-hybridized carbons (Fsp3) is 0.355. The Balaban J connectivity index is 0.00000387. The number of ether oxygens (including phenoxy) is 6. The number of aliphatic carboxylic acids is 1. The maximum Gasteiger partial charge on any atom is 1.00 e. The van der Waals surface area contributed by atoms with Crippen LogP contribution in [0.2, 0.25) is 0 Å². The third-order valence-corrected chi connectivity index (χ3v) is 7.14. The predicted molar refractivity (Wildman–Crippen MR) is 142 cm³/mol. The van der Waals surface area contributed by atoms with E-state index >= 15 is 0 Å². The van der Waals surface area contributed by atoms with Gasteiger partial charge in [0.1, 0.15) is 23.9 Å². The second-order valence-corrected chi connectivity index (χ2v) is 9.55. The summed E-state index contributed by atoms with van der Waals surface area (Å²) in [5.74, 6) is -0.712. The number of rotatable bonds is 11. The number of fused-ring (bicyclic) bond motifs is 2. The molecule has 1 aliphatic carbocycles. The molecule has 0 amide bonds. The van der Waals surface area contributed by atoms with Gasteiger partial charge in [-0.05, 0) is 60.4 Å². The molecule has 5 rings (SSSR count). The number of benzene rings is 3. The van der Waals surface area contributed by atoms with Crippen molar-refractivity contribution in [2.24, 2.45) is 5.92 Å². The van der Waals surface area contributed by atoms with Gasteiger partial charge in [0.15, 0.2) is 11.5 Å². The molecule has 0 aromatic heterocycles. The van der Waals surface area contributed by atoms with Crippen LogP contribution in [0.15, 0.2) is 54.6 Å². The Bertz CT molecular complexity index is 1410. The van der Waals surface area contributed by atoms with Gasteiger partial charge < -0.3 is 38.3 Å². The van der Waals surface area contributed by atoms with Crippen molar-refractivity contribution in [1.82, 2.24) is 0 Å². The summed E-state index contributed by atoms with van der Waals surface area (Å²) in [5, 5.41) is 11.3. The first kappa shape index (κ1) is 30.6. The molecular formula is C31H31NaO9. The van der Waals surface area contributed by atoms with Crippen LogP contribution in [-0.2, 0) is 14.3 Å². The van der Waals surface area contributed by atoms with E-state index in [-0.39, 0.29) is 54.7 Å². The molecule has 0 saturated heterocycles. The minimum Gasteiger partial charge on any atom is -0.546 e. The number of carbonyl (C=O) groups is 2. The summed E-state index contributed by atoms with van der Waals surface area (Å²) in [5.41, 5.74) is 3.27. The summed E-state index contributed by atoms with van der Waals surface area (Å²) in [7, 11) is 1.51. The fourth-order valence-electron chi connectivity index (χ4n) is 5.52. The maximum atomic E-state index is 13.8. The Morgan fingerprint density at radius 3 is 2.37 bits per heavy atom. The average molecular weight is 571 g/mol. The minimum atomic E-state index is -1.36. The zero-order chi connectivity index (χ0) is 28.2. The van der Waals surface area contributed by atoms with Gasteiger partial charge in [0.05, 0.1) is 32.2 Å². The van der Waals surface area contributed by atoms with Gasteiger partial charge in [0.25, 0.3) is 0 Å². The Morgan fingerprint density at radius 1 is 0.878 bits per heavy atom. The number of methoxy groups -OCH3 is 1. The van der Waals surface area contributed by atoms with Crippen LogP contribution in [0.4, 0.5) is 0 Å². The van der Waals surface area contributed by atoms with Crippen LogP contribution < -0.4 is 58.3 Å². The van der Waals surface area contributed by atoms with E-state index < -0.39 is 30.3 Å². The van der Waals surface area contributed by atoms with E-state index in [0.29, 0.717) is 35.2 Å². The predicted octanol–water partition coefficient (Wildman–Crippen LogP) is 0.802. The topological polar surface area (TPSA) is 113 Å². The van der Waals surface area contributed by atoms with Crippen molar-refractivity contribution < 1.29 is 72.7 Å². The number of hydrogen-bond acceptors (Lipinski definition) is 9. The van der Waals surface area contributed by atoms with Gasteiger partial charge in [-0.3, -0.25) is 4.79 Å². The van der Waals surface area contributed by atoms with Crippen molar-refractivity contribution in [3.63, 3.8) is 0 Å². The number of esters is 1. The third-order valence-electron chi connectivity index (χ3n) is 7.14. The van der Waals surface area contributed by atoms with E-state index in [1.807, 2.05) is 43.3 Å². The summed E-state index contributed by atoms with van der Waals surface area (Å²) >= 11 is 0. The molecule has 0 radical (unpaired) electrons. The first-order valence-electron chi connectivity index (χ1n) is 13.3. The maximum absolute atomic E-state index is 13.8. The van der Waals surface area contributed by atoms with Gasteiger partial charge in [-0.15, -0.1) is 0 Å². The molecule has 0 spiro atoms. The van der Waals surface area contributed by atoms with Gasteiger partial charge in [-0.2, -0.15) is 0 Å². The molecule has 1 heterocycles. The SMILES string of the molecule is CCCOc1ccc2c(c1)[C@@H](c1ccc(OC)cc1OCC(=O)[O-])[C@H](C(=O)OCC)[C@H]2c1ccc2c(c1)OCO2.[Na+]. The van der Waals surface area contributed by atoms with Crippen LogP contribution in [0.25, 0.3) is 0 Å². The van der Waals surface area contributed by atoms with Crippen LogP contribution >= 0.6 is 0 Å². The molecule has 9 nitrogen and oxygen atoms in total. The van der Waals surface area contributed by atoms with Crippen molar-refractivity contribution in [2.45, 2.75) is 32.1 Å². The monoisotopic (exact) mass is 570 g/mol. The Kier molecular flexibility index (Phi) is 10.1. The molecule has 0 N–H and O–H groups in total. The van der Waals surface area contributed by atoms with Crippen molar-refractivity contribution >= 4 is 11.9 Å². The van der Waals surface area contributed by atoms with Crippen LogP contribution in [0.1, 0.15) is 54.4 Å². The summed E-state index contributed by atoms with van der Waals surface area (Å²) in [6, 6.07) is 16.7. The fourth-order valence-corrected chi connectivity index (χ4v) is 5.52. The summed E-state index contributed by atoms with van der Waals surface area (Å²) in [6.07, 6.45) is 0.839. The molecule has 210 valence electrons. The average Bonchev–Trinajstić information content (AvgIpc) is 3.56. The van der Waals surface area contributed by atoms with E-state index in [1.54, 1.807) is 25.1 Å². The van der Waals surface area contributed by atoms with Gasteiger partial charge in [-0.1, -0.05) is 25.1 Å². The quantitative estimate of drug-likeness (QED) is 0.244. The molecule has 10 heteroatoms. The summed E-state index contributed by atoms with van der Waals surface area (Å²) < 4.78 is 33.8. The van der Waals surface area contributed by atoms with Crippen molar-refractivity contribution in [2.75, 3.05) is 33.7 Å². The van der Waals surface area contributed by atoms with E-state index in [1.165, 1.54) is 7.11 Å². The van der Waals surface area contributed by atoms with E-state index in [0.717, 1.165) is 23.1 Å². The number of carboxylic acid groups (broad SMARTS) is 1. The molecule has 3 atom stereocenters. The van der Waals surface area contributed by atoms with Gasteiger partial charge >= 0.3 is 35.5 Å². The van der Waals surface area contributed by atoms with Crippen molar-refractivity contribution in [1.29, 1.82) is 0 Å². The Hall–Kier alpha value is -3.40. The molecule has 3 aromatic rings. The molecule has 0 unspecified atom stereocenters. The standard InChI is InChI=1S/C31H32O9.Na/c1-4-12-37-20-8-9-21-23(14-20)29(22-10-7-19(35-3)15-25(22)38-16-27(32)33)30(31(34)36-5-2)28(21)18-6-11-24-26(13-18)40-17-39-24;/h6-11,13-15,28-30H,4-5,12,16-17H2,1-3H3,(H,32,33);/q;+1/p-1/t28-,29+,30+;/m0./s1. The van der Waals surface area contributed by atoms with Gasteiger partial charge in [0.2, 0.25) is 6.79 Å². The van der Waals surface area contributed by atoms with E-state index in [4.69, 9.17) is 28.4 Å². The van der Waals surface area contributed by atoms with E-state index in [2.05, 4.69) is 0 Å². The smallest absolute Gasteiger partial charge is 0.546 e. The first-order chi connectivity index (χ1) is 19.4. The summed E-state index contributed by atoms with van der Waals surface area (Å²) in [6.45, 7) is 4.01. The molecule has 41 heavy (non-hydrogen) atoms. The minimum absolute atomic E-state index is 0. The Labute approximate surface area is 260 Å². The first-order valence-corrected chi connectivity index (χ1v) is 13.3. The largest absolute Gasteiger partial charge is 1.00 e. The number of carboxylic acids is 1. The number of carbonyl (C=O) groups excluding carboxylic acids is 2. The van der Waals surface area contributed by atoms with Crippen LogP contribution in [0, 0.1) is 5.92 Å². The second kappa shape index (κ2) is 13.5. The molecule has 1 aliphatic heterocycles. The zero-order valence-electron chi connectivity index (χ0n) is 23.6. The van der Waals surface area contributed by atoms with Crippen molar-refractivity contribution in [3.05, 3.63) is 76.9 Å². The normalized spacial score (nSPS) is 18.2. The molecular weight excluding hydrogens is 539 g/mol.